The van der Waals surface area contributed by atoms with E-state index < -0.39 is 5.60 Å². The number of aromatic hydroxyl groups is 1. The van der Waals surface area contributed by atoms with Gasteiger partial charge in [-0.25, -0.2) is 4.79 Å². The fraction of sp³-hybridized carbons (Fsp3) is 0.533. The summed E-state index contributed by atoms with van der Waals surface area (Å²) in [7, 11) is 3.51. The molecule has 1 saturated carbocycles. The van der Waals surface area contributed by atoms with E-state index in [9.17, 15) is 19.8 Å². The van der Waals surface area contributed by atoms with Gasteiger partial charge >= 0.3 is 5.97 Å². The molecule has 2 fully saturated rings. The number of nitrogens with zero attached hydrogens (tertiary/aromatic N) is 2. The molecule has 4 rings (SSSR count). The Labute approximate surface area is 220 Å². The van der Waals surface area contributed by atoms with E-state index in [1.165, 1.54) is 7.11 Å². The number of piperidine rings is 1. The van der Waals surface area contributed by atoms with Gasteiger partial charge in [0.05, 0.1) is 26.7 Å². The first kappa shape index (κ1) is 27.1. The van der Waals surface area contributed by atoms with Crippen molar-refractivity contribution in [3.8, 4) is 5.75 Å². The summed E-state index contributed by atoms with van der Waals surface area (Å²) >= 11 is 0. The highest BCUT2D eigenvalue weighted by Crippen LogP contribution is 2.42. The SMILES string of the molecule is COC(=O)C[N+](C)(CCc1ccc(O)cc1)C1CCN(C(=O)C(O)(c2ccccc2)C2CCCC2)CC1. The fourth-order valence-electron chi connectivity index (χ4n) is 6.30. The van der Waals surface area contributed by atoms with E-state index in [4.69, 9.17) is 4.74 Å². The van der Waals surface area contributed by atoms with Gasteiger partial charge in [-0.3, -0.25) is 4.79 Å². The van der Waals surface area contributed by atoms with Gasteiger partial charge in [0.15, 0.2) is 12.1 Å². The van der Waals surface area contributed by atoms with Gasteiger partial charge in [0, 0.05) is 38.3 Å². The number of carbonyl (C=O) groups excluding carboxylic acids is 2. The number of likely N-dealkylation sites (N-methyl/N-ethyl adjacent to an activating group) is 1. The number of phenolic OH excluding ortho intramolecular Hbond substituents is 1. The number of likely N-dealkylation sites (tertiary alicyclic amines) is 1. The van der Waals surface area contributed by atoms with Gasteiger partial charge < -0.3 is 24.3 Å². The second kappa shape index (κ2) is 11.7. The Morgan fingerprint density at radius 3 is 2.22 bits per heavy atom. The van der Waals surface area contributed by atoms with E-state index in [0.29, 0.717) is 23.1 Å². The number of rotatable bonds is 9. The maximum atomic E-state index is 13.9. The maximum Gasteiger partial charge on any atom is 0.361 e. The lowest BCUT2D eigenvalue weighted by molar-refractivity contribution is -0.927. The number of hydrogen-bond donors (Lipinski definition) is 2. The summed E-state index contributed by atoms with van der Waals surface area (Å²) in [6.45, 7) is 2.12. The van der Waals surface area contributed by atoms with Crippen molar-refractivity contribution < 1.29 is 29.0 Å². The Morgan fingerprint density at radius 1 is 1.00 bits per heavy atom. The van der Waals surface area contributed by atoms with Crippen LogP contribution in [0.3, 0.4) is 0 Å². The Hall–Kier alpha value is -2.90. The van der Waals surface area contributed by atoms with Crippen LogP contribution in [0.1, 0.15) is 49.7 Å². The predicted octanol–water partition coefficient (Wildman–Crippen LogP) is 3.62. The summed E-state index contributed by atoms with van der Waals surface area (Å²) in [6.07, 6.45) is 6.08. The third kappa shape index (κ3) is 5.99. The molecule has 7 heteroatoms. The Balaban J connectivity index is 1.47. The van der Waals surface area contributed by atoms with Gasteiger partial charge in [0.25, 0.3) is 5.91 Å². The van der Waals surface area contributed by atoms with Crippen LogP contribution in [0.4, 0.5) is 0 Å². The molecule has 2 atom stereocenters. The van der Waals surface area contributed by atoms with Crippen LogP contribution in [0.15, 0.2) is 54.6 Å². The first-order valence-corrected chi connectivity index (χ1v) is 13.5. The molecule has 7 nitrogen and oxygen atoms in total. The van der Waals surface area contributed by atoms with Gasteiger partial charge in [-0.1, -0.05) is 55.3 Å². The van der Waals surface area contributed by atoms with Crippen LogP contribution in [-0.4, -0.2) is 77.9 Å². The smallest absolute Gasteiger partial charge is 0.361 e. The molecule has 0 aromatic heterocycles. The summed E-state index contributed by atoms with van der Waals surface area (Å²) in [5, 5.41) is 21.5. The number of ether oxygens (including phenoxy) is 1. The Kier molecular flexibility index (Phi) is 8.55. The van der Waals surface area contributed by atoms with Crippen molar-refractivity contribution in [2.75, 3.05) is 40.3 Å². The van der Waals surface area contributed by atoms with Crippen molar-refractivity contribution in [2.24, 2.45) is 5.92 Å². The largest absolute Gasteiger partial charge is 0.508 e. The van der Waals surface area contributed by atoms with Crippen LogP contribution in [0.2, 0.25) is 0 Å². The number of phenols is 1. The number of quaternary nitrogens is 1. The summed E-state index contributed by atoms with van der Waals surface area (Å²) in [4.78, 5) is 28.1. The average molecular weight is 510 g/mol. The quantitative estimate of drug-likeness (QED) is 0.398. The third-order valence-electron chi connectivity index (χ3n) is 8.68. The lowest BCUT2D eigenvalue weighted by atomic mass is 9.78. The van der Waals surface area contributed by atoms with E-state index in [1.54, 1.807) is 12.1 Å². The molecule has 1 aliphatic heterocycles. The molecule has 2 aromatic rings. The zero-order chi connectivity index (χ0) is 26.5. The molecule has 0 spiro atoms. The minimum absolute atomic E-state index is 0.0641. The molecule has 200 valence electrons. The molecule has 0 radical (unpaired) electrons. The normalized spacial score (nSPS) is 20.2. The monoisotopic (exact) mass is 509 g/mol. The lowest BCUT2D eigenvalue weighted by Gasteiger charge is -2.46. The van der Waals surface area contributed by atoms with Gasteiger partial charge in [-0.2, -0.15) is 0 Å². The van der Waals surface area contributed by atoms with Crippen LogP contribution in [0.5, 0.6) is 5.75 Å². The highest BCUT2D eigenvalue weighted by molar-refractivity contribution is 5.87. The molecule has 1 aliphatic carbocycles. The van der Waals surface area contributed by atoms with Crippen molar-refractivity contribution in [2.45, 2.75) is 56.6 Å². The number of amides is 1. The van der Waals surface area contributed by atoms with E-state index in [-0.39, 0.29) is 36.1 Å². The first-order valence-electron chi connectivity index (χ1n) is 13.5. The van der Waals surface area contributed by atoms with E-state index in [0.717, 1.165) is 57.1 Å². The van der Waals surface area contributed by atoms with Crippen LogP contribution >= 0.6 is 0 Å². The lowest BCUT2D eigenvalue weighted by Crippen LogP contribution is -2.61. The van der Waals surface area contributed by atoms with Gasteiger partial charge in [-0.15, -0.1) is 0 Å². The van der Waals surface area contributed by atoms with Crippen LogP contribution in [0, 0.1) is 5.92 Å². The fourth-order valence-corrected chi connectivity index (χ4v) is 6.30. The zero-order valence-corrected chi connectivity index (χ0v) is 22.1. The topological polar surface area (TPSA) is 87.1 Å². The van der Waals surface area contributed by atoms with Crippen molar-refractivity contribution in [1.29, 1.82) is 0 Å². The number of aliphatic hydroxyl groups is 1. The van der Waals surface area contributed by atoms with E-state index >= 15 is 0 Å². The first-order chi connectivity index (χ1) is 17.8. The molecule has 2 N–H and O–H groups in total. The molecule has 1 saturated heterocycles. The minimum Gasteiger partial charge on any atom is -0.508 e. The van der Waals surface area contributed by atoms with E-state index in [1.807, 2.05) is 47.4 Å². The molecule has 1 amide bonds. The molecule has 2 aromatic carbocycles. The molecular formula is C30H41N2O5+. The summed E-state index contributed by atoms with van der Waals surface area (Å²) in [6, 6.07) is 16.8. The second-order valence-electron chi connectivity index (χ2n) is 11.0. The zero-order valence-electron chi connectivity index (χ0n) is 22.1. The molecule has 2 unspecified atom stereocenters. The summed E-state index contributed by atoms with van der Waals surface area (Å²) in [5.41, 5.74) is 0.298. The summed E-state index contributed by atoms with van der Waals surface area (Å²) in [5.74, 6) is -0.256. The van der Waals surface area contributed by atoms with Crippen LogP contribution in [-0.2, 0) is 26.3 Å². The Morgan fingerprint density at radius 2 is 1.62 bits per heavy atom. The van der Waals surface area contributed by atoms with Crippen molar-refractivity contribution in [1.82, 2.24) is 4.90 Å². The molecule has 2 aliphatic rings. The highest BCUT2D eigenvalue weighted by atomic mass is 16.5. The molecule has 1 heterocycles. The third-order valence-corrected chi connectivity index (χ3v) is 8.68. The van der Waals surface area contributed by atoms with Gasteiger partial charge in [-0.05, 0) is 36.1 Å². The van der Waals surface area contributed by atoms with E-state index in [2.05, 4.69) is 7.05 Å². The minimum atomic E-state index is -1.49. The number of hydrogen-bond acceptors (Lipinski definition) is 5. The van der Waals surface area contributed by atoms with Gasteiger partial charge in [0.2, 0.25) is 0 Å². The molecule has 37 heavy (non-hydrogen) atoms. The van der Waals surface area contributed by atoms with Crippen LogP contribution in [0.25, 0.3) is 0 Å². The number of carbonyl (C=O) groups is 2. The van der Waals surface area contributed by atoms with Crippen molar-refractivity contribution >= 4 is 11.9 Å². The van der Waals surface area contributed by atoms with Crippen molar-refractivity contribution in [3.05, 3.63) is 65.7 Å². The van der Waals surface area contributed by atoms with Crippen molar-refractivity contribution in [3.63, 3.8) is 0 Å². The molecular weight excluding hydrogens is 468 g/mol. The average Bonchev–Trinajstić information content (AvgIpc) is 3.48. The number of benzene rings is 2. The number of methoxy groups -OCH3 is 1. The van der Waals surface area contributed by atoms with Gasteiger partial charge in [0.1, 0.15) is 5.75 Å². The standard InChI is InChI=1S/C30H40N2O5/c1-32(22-28(34)37-2,21-18-23-12-14-27(33)15-13-23)26-16-19-31(20-17-26)29(35)30(36,25-10-6-7-11-25)24-8-4-3-5-9-24/h3-5,8-9,12-15,25-26,36H,6-7,10-11,16-22H2,1-2H3/p+1. The second-order valence-corrected chi connectivity index (χ2v) is 11.0. The summed E-state index contributed by atoms with van der Waals surface area (Å²) < 4.78 is 5.56. The number of esters is 1. The predicted molar refractivity (Wildman–Crippen MR) is 142 cm³/mol. The highest BCUT2D eigenvalue weighted by Gasteiger charge is 2.49. The maximum absolute atomic E-state index is 13.9. The molecule has 0 bridgehead atoms. The Bertz CT molecular complexity index is 1050. The van der Waals surface area contributed by atoms with Crippen LogP contribution < -0.4 is 0 Å².